The fourth-order valence-corrected chi connectivity index (χ4v) is 0.357. The highest BCUT2D eigenvalue weighted by Crippen LogP contribution is 2.09. The van der Waals surface area contributed by atoms with E-state index >= 15 is 0 Å². The van der Waals surface area contributed by atoms with E-state index < -0.39 is 5.83 Å². The molecular formula is C10H14FN. The van der Waals surface area contributed by atoms with E-state index in [9.17, 15) is 4.39 Å². The fraction of sp³-hybridized carbons (Fsp3) is 0.300. The molecule has 0 aliphatic rings. The van der Waals surface area contributed by atoms with Gasteiger partial charge < -0.3 is 0 Å². The van der Waals surface area contributed by atoms with E-state index in [0.29, 0.717) is 5.57 Å². The van der Waals surface area contributed by atoms with Crippen LogP contribution < -0.4 is 0 Å². The van der Waals surface area contributed by atoms with E-state index in [1.54, 1.807) is 13.0 Å². The lowest BCUT2D eigenvalue weighted by Gasteiger charge is -1.89. The lowest BCUT2D eigenvalue weighted by molar-refractivity contribution is 0.658. The molecule has 0 amide bonds. The van der Waals surface area contributed by atoms with Gasteiger partial charge >= 0.3 is 0 Å². The van der Waals surface area contributed by atoms with Crippen molar-refractivity contribution in [1.29, 1.82) is 5.26 Å². The Kier molecular flexibility index (Phi) is 8.55. The van der Waals surface area contributed by atoms with Crippen molar-refractivity contribution in [2.75, 3.05) is 0 Å². The van der Waals surface area contributed by atoms with Gasteiger partial charge in [0, 0.05) is 0 Å². The van der Waals surface area contributed by atoms with Gasteiger partial charge in [-0.3, -0.25) is 0 Å². The molecule has 0 aliphatic carbocycles. The zero-order chi connectivity index (χ0) is 10.1. The molecule has 0 radical (unpaired) electrons. The van der Waals surface area contributed by atoms with Crippen LogP contribution in [0.2, 0.25) is 0 Å². The molecule has 0 aromatic heterocycles. The minimum atomic E-state index is -0.616. The summed E-state index contributed by atoms with van der Waals surface area (Å²) < 4.78 is 12.5. The monoisotopic (exact) mass is 167 g/mol. The molecular weight excluding hydrogens is 153 g/mol. The third-order valence-corrected chi connectivity index (χ3v) is 0.796. The molecule has 0 fully saturated rings. The Morgan fingerprint density at radius 2 is 1.83 bits per heavy atom. The van der Waals surface area contributed by atoms with Crippen molar-refractivity contribution in [3.05, 3.63) is 36.2 Å². The zero-order valence-electron chi connectivity index (χ0n) is 7.82. The fourth-order valence-electron chi connectivity index (χ4n) is 0.357. The molecule has 0 heterocycles. The van der Waals surface area contributed by atoms with Gasteiger partial charge in [-0.1, -0.05) is 32.6 Å². The smallest absolute Gasteiger partial charge is 0.140 e. The predicted octanol–water partition coefficient (Wildman–Crippen LogP) is 3.52. The third kappa shape index (κ3) is 6.76. The first kappa shape index (κ1) is 13.2. The molecule has 0 unspecified atom stereocenters. The molecule has 0 aliphatic heterocycles. The van der Waals surface area contributed by atoms with E-state index in [-0.39, 0.29) is 5.57 Å². The average Bonchev–Trinajstić information content (AvgIpc) is 2.05. The van der Waals surface area contributed by atoms with Crippen molar-refractivity contribution in [3.63, 3.8) is 0 Å². The van der Waals surface area contributed by atoms with Crippen LogP contribution in [0.4, 0.5) is 4.39 Å². The number of halogens is 1. The molecule has 0 saturated heterocycles. The molecule has 1 nitrogen and oxygen atoms in total. The quantitative estimate of drug-likeness (QED) is 0.456. The summed E-state index contributed by atoms with van der Waals surface area (Å²) in [5.74, 6) is -0.616. The van der Waals surface area contributed by atoms with Crippen LogP contribution in [0.15, 0.2) is 36.2 Å². The van der Waals surface area contributed by atoms with E-state index in [2.05, 4.69) is 13.2 Å². The Morgan fingerprint density at radius 3 is 2.08 bits per heavy atom. The van der Waals surface area contributed by atoms with Crippen LogP contribution in [0.1, 0.15) is 20.8 Å². The third-order valence-electron chi connectivity index (χ3n) is 0.796. The number of hydrogen-bond acceptors (Lipinski definition) is 1. The van der Waals surface area contributed by atoms with Crippen LogP contribution >= 0.6 is 0 Å². The largest absolute Gasteiger partial charge is 0.206 e. The Hall–Kier alpha value is -1.36. The summed E-state index contributed by atoms with van der Waals surface area (Å²) in [6.45, 7) is 12.3. The van der Waals surface area contributed by atoms with Crippen molar-refractivity contribution in [2.24, 2.45) is 0 Å². The lowest BCUT2D eigenvalue weighted by Crippen LogP contribution is -1.76. The second kappa shape index (κ2) is 7.74. The van der Waals surface area contributed by atoms with Gasteiger partial charge in [0.1, 0.15) is 11.9 Å². The number of hydrogen-bond donors (Lipinski definition) is 0. The minimum absolute atomic E-state index is 0.164. The van der Waals surface area contributed by atoms with Crippen LogP contribution in [-0.2, 0) is 0 Å². The molecule has 0 rings (SSSR count). The van der Waals surface area contributed by atoms with Gasteiger partial charge in [0.2, 0.25) is 0 Å². The van der Waals surface area contributed by atoms with E-state index in [4.69, 9.17) is 5.26 Å². The summed E-state index contributed by atoms with van der Waals surface area (Å²) >= 11 is 0. The van der Waals surface area contributed by atoms with Crippen LogP contribution in [0, 0.1) is 11.3 Å². The molecule has 0 aromatic rings. The Morgan fingerprint density at radius 1 is 1.42 bits per heavy atom. The van der Waals surface area contributed by atoms with Crippen LogP contribution in [-0.4, -0.2) is 0 Å². The molecule has 0 aromatic carbocycles. The normalized spacial score (nSPS) is 9.08. The maximum absolute atomic E-state index is 12.5. The second-order valence-corrected chi connectivity index (χ2v) is 1.93. The van der Waals surface area contributed by atoms with E-state index in [0.717, 1.165) is 0 Å². The van der Waals surface area contributed by atoms with Gasteiger partial charge in [0.15, 0.2) is 0 Å². The molecule has 0 bridgehead atoms. The van der Waals surface area contributed by atoms with Crippen molar-refractivity contribution in [1.82, 2.24) is 0 Å². The Bertz CT molecular complexity index is 231. The van der Waals surface area contributed by atoms with Gasteiger partial charge in [-0.05, 0) is 13.0 Å². The number of allylic oxidation sites excluding steroid dienone is 4. The minimum Gasteiger partial charge on any atom is -0.206 e. The first-order valence-corrected chi connectivity index (χ1v) is 3.70. The van der Waals surface area contributed by atoms with E-state index in [1.807, 2.05) is 13.8 Å². The Labute approximate surface area is 73.5 Å². The van der Waals surface area contributed by atoms with Crippen molar-refractivity contribution in [3.8, 4) is 6.07 Å². The van der Waals surface area contributed by atoms with Crippen LogP contribution in [0.5, 0.6) is 0 Å². The average molecular weight is 167 g/mol. The van der Waals surface area contributed by atoms with Gasteiger partial charge in [-0.25, -0.2) is 4.39 Å². The highest BCUT2D eigenvalue weighted by molar-refractivity contribution is 5.38. The standard InChI is InChI=1S/C8H8FN.C2H6/c1-6(2)4-8(9)7(3)5-10;1-2/h4H,1,3H2,2H3;1-2H3/b8-4+;. The Balaban J connectivity index is 0. The molecule has 12 heavy (non-hydrogen) atoms. The SMILES string of the molecule is C=C(C)/C=C(/F)C(=C)C#N.CC. The lowest BCUT2D eigenvalue weighted by atomic mass is 10.2. The van der Waals surface area contributed by atoms with Gasteiger partial charge in [0.05, 0.1) is 5.57 Å². The highest BCUT2D eigenvalue weighted by atomic mass is 19.1. The number of nitriles is 1. The van der Waals surface area contributed by atoms with Gasteiger partial charge in [0.25, 0.3) is 0 Å². The van der Waals surface area contributed by atoms with Crippen LogP contribution in [0.3, 0.4) is 0 Å². The first-order chi connectivity index (χ1) is 5.57. The van der Waals surface area contributed by atoms with Crippen LogP contribution in [0.25, 0.3) is 0 Å². The number of nitrogens with zero attached hydrogens (tertiary/aromatic N) is 1. The van der Waals surface area contributed by atoms with Crippen molar-refractivity contribution >= 4 is 0 Å². The molecule has 0 N–H and O–H groups in total. The predicted molar refractivity (Wildman–Crippen MR) is 50.1 cm³/mol. The maximum Gasteiger partial charge on any atom is 0.140 e. The second-order valence-electron chi connectivity index (χ2n) is 1.93. The highest BCUT2D eigenvalue weighted by Gasteiger charge is 1.97. The summed E-state index contributed by atoms with van der Waals surface area (Å²) in [6.07, 6.45) is 1.17. The molecule has 66 valence electrons. The molecule has 0 spiro atoms. The topological polar surface area (TPSA) is 23.8 Å². The number of rotatable bonds is 2. The zero-order valence-corrected chi connectivity index (χ0v) is 7.82. The van der Waals surface area contributed by atoms with Gasteiger partial charge in [-0.15, -0.1) is 0 Å². The summed E-state index contributed by atoms with van der Waals surface area (Å²) in [7, 11) is 0. The molecule has 0 atom stereocenters. The van der Waals surface area contributed by atoms with E-state index in [1.165, 1.54) is 6.08 Å². The van der Waals surface area contributed by atoms with Crippen molar-refractivity contribution < 1.29 is 4.39 Å². The summed E-state index contributed by atoms with van der Waals surface area (Å²) in [6, 6.07) is 1.59. The first-order valence-electron chi connectivity index (χ1n) is 3.70. The maximum atomic E-state index is 12.5. The summed E-state index contributed by atoms with van der Waals surface area (Å²) in [5, 5.41) is 8.16. The van der Waals surface area contributed by atoms with Gasteiger partial charge in [-0.2, -0.15) is 5.26 Å². The molecule has 2 heteroatoms. The summed E-state index contributed by atoms with van der Waals surface area (Å²) in [5.41, 5.74) is 0.400. The van der Waals surface area contributed by atoms with Crippen molar-refractivity contribution in [2.45, 2.75) is 20.8 Å². The summed E-state index contributed by atoms with van der Waals surface area (Å²) in [4.78, 5) is 0. The molecule has 0 saturated carbocycles.